The van der Waals surface area contributed by atoms with Crippen molar-refractivity contribution in [2.75, 3.05) is 24.6 Å². The Kier molecular flexibility index (Phi) is 4.00. The van der Waals surface area contributed by atoms with Crippen molar-refractivity contribution in [3.8, 4) is 6.07 Å². The summed E-state index contributed by atoms with van der Waals surface area (Å²) in [7, 11) is 0. The lowest BCUT2D eigenvalue weighted by Crippen LogP contribution is -2.54. The van der Waals surface area contributed by atoms with Crippen LogP contribution in [0.3, 0.4) is 0 Å². The first-order chi connectivity index (χ1) is 8.95. The number of hydrogen-bond acceptors (Lipinski definition) is 4. The average molecular weight is 281 g/mol. The van der Waals surface area contributed by atoms with Crippen LogP contribution in [0.25, 0.3) is 0 Å². The molecule has 1 aromatic rings. The number of hydrogen-bond donors (Lipinski definition) is 1. The number of aliphatic hydroxyl groups excluding tert-OH is 1. The van der Waals surface area contributed by atoms with Crippen molar-refractivity contribution < 1.29 is 9.84 Å². The predicted octanol–water partition coefficient (Wildman–Crippen LogP) is 2.19. The minimum atomic E-state index is -0.374. The summed E-state index contributed by atoms with van der Waals surface area (Å²) in [6, 6.07) is 7.39. The van der Waals surface area contributed by atoms with Crippen LogP contribution in [0.5, 0.6) is 0 Å². The van der Waals surface area contributed by atoms with Crippen LogP contribution in [0.4, 0.5) is 5.69 Å². The Hall–Kier alpha value is -1.28. The number of nitriles is 1. The summed E-state index contributed by atoms with van der Waals surface area (Å²) in [4.78, 5) is 2.05. The Labute approximate surface area is 118 Å². The zero-order chi connectivity index (χ0) is 14.0. The van der Waals surface area contributed by atoms with Crippen molar-refractivity contribution >= 4 is 17.3 Å². The fourth-order valence-corrected chi connectivity index (χ4v) is 2.60. The first-order valence-electron chi connectivity index (χ1n) is 6.18. The highest BCUT2D eigenvalue weighted by Gasteiger charge is 2.34. The topological polar surface area (TPSA) is 56.5 Å². The van der Waals surface area contributed by atoms with Crippen LogP contribution in [0.15, 0.2) is 18.2 Å². The lowest BCUT2D eigenvalue weighted by molar-refractivity contribution is -0.101. The molecule has 1 atom stereocenters. The van der Waals surface area contributed by atoms with E-state index in [0.29, 0.717) is 23.7 Å². The molecule has 4 nitrogen and oxygen atoms in total. The second kappa shape index (κ2) is 5.38. The number of morpholine rings is 1. The number of halogens is 1. The first kappa shape index (κ1) is 14.1. The second-order valence-electron chi connectivity index (χ2n) is 5.34. The van der Waals surface area contributed by atoms with Gasteiger partial charge in [-0.3, -0.25) is 0 Å². The maximum atomic E-state index is 9.33. The van der Waals surface area contributed by atoms with Gasteiger partial charge in [-0.25, -0.2) is 0 Å². The number of rotatable bonds is 2. The van der Waals surface area contributed by atoms with Crippen LogP contribution in [0.1, 0.15) is 19.4 Å². The fraction of sp³-hybridized carbons (Fsp3) is 0.500. The summed E-state index contributed by atoms with van der Waals surface area (Å²) in [5.41, 5.74) is 1.00. The van der Waals surface area contributed by atoms with E-state index in [2.05, 4.69) is 11.0 Å². The Morgan fingerprint density at radius 3 is 2.95 bits per heavy atom. The van der Waals surface area contributed by atoms with Gasteiger partial charge in [-0.1, -0.05) is 11.6 Å². The summed E-state index contributed by atoms with van der Waals surface area (Å²) < 4.78 is 5.77. The van der Waals surface area contributed by atoms with Crippen LogP contribution in [-0.2, 0) is 4.74 Å². The molecule has 1 saturated heterocycles. The van der Waals surface area contributed by atoms with Gasteiger partial charge >= 0.3 is 0 Å². The molecule has 5 heteroatoms. The highest BCUT2D eigenvalue weighted by atomic mass is 35.5. The molecule has 0 aromatic heterocycles. The van der Waals surface area contributed by atoms with E-state index in [1.807, 2.05) is 13.8 Å². The van der Waals surface area contributed by atoms with Crippen LogP contribution in [-0.4, -0.2) is 36.5 Å². The molecule has 0 radical (unpaired) electrons. The Balaban J connectivity index is 2.35. The van der Waals surface area contributed by atoms with Gasteiger partial charge in [-0.15, -0.1) is 0 Å². The molecule has 1 heterocycles. The molecule has 1 aromatic carbocycles. The molecular weight excluding hydrogens is 264 g/mol. The molecule has 0 bridgehead atoms. The van der Waals surface area contributed by atoms with E-state index < -0.39 is 0 Å². The molecule has 2 rings (SSSR count). The van der Waals surface area contributed by atoms with Gasteiger partial charge in [-0.2, -0.15) is 5.26 Å². The fourth-order valence-electron chi connectivity index (χ4n) is 2.44. The third kappa shape index (κ3) is 3.19. The zero-order valence-electron chi connectivity index (χ0n) is 11.1. The Bertz CT molecular complexity index is 511. The van der Waals surface area contributed by atoms with Gasteiger partial charge in [0.05, 0.1) is 29.6 Å². The number of benzene rings is 1. The third-order valence-corrected chi connectivity index (χ3v) is 3.34. The van der Waals surface area contributed by atoms with E-state index >= 15 is 0 Å². The number of ether oxygens (including phenoxy) is 1. The van der Waals surface area contributed by atoms with Crippen molar-refractivity contribution in [2.24, 2.45) is 0 Å². The molecule has 102 valence electrons. The number of anilines is 1. The predicted molar refractivity (Wildman–Crippen MR) is 74.4 cm³/mol. The van der Waals surface area contributed by atoms with Crippen molar-refractivity contribution in [3.63, 3.8) is 0 Å². The molecule has 0 spiro atoms. The maximum Gasteiger partial charge on any atom is 0.101 e. The van der Waals surface area contributed by atoms with Crippen LogP contribution >= 0.6 is 11.6 Å². The van der Waals surface area contributed by atoms with Crippen molar-refractivity contribution in [1.29, 1.82) is 5.26 Å². The standard InChI is InChI=1S/C14H17ClN2O2/c1-14(2)9-17(7-12(8-18)19-14)13-5-11(15)4-3-10(13)6-16/h3-5,12,18H,7-9H2,1-2H3. The van der Waals surface area contributed by atoms with E-state index in [4.69, 9.17) is 16.3 Å². The smallest absolute Gasteiger partial charge is 0.101 e. The normalized spacial score (nSPS) is 22.1. The molecule has 0 aliphatic carbocycles. The Morgan fingerprint density at radius 1 is 1.58 bits per heavy atom. The molecule has 1 unspecified atom stereocenters. The minimum absolute atomic E-state index is 0.0393. The zero-order valence-corrected chi connectivity index (χ0v) is 11.8. The maximum absolute atomic E-state index is 9.33. The summed E-state index contributed by atoms with van der Waals surface area (Å²) in [6.45, 7) is 5.10. The number of nitrogens with zero attached hydrogens (tertiary/aromatic N) is 2. The second-order valence-corrected chi connectivity index (χ2v) is 5.77. The summed E-state index contributed by atoms with van der Waals surface area (Å²) in [5.74, 6) is 0. The first-order valence-corrected chi connectivity index (χ1v) is 6.56. The lowest BCUT2D eigenvalue weighted by Gasteiger charge is -2.43. The van der Waals surface area contributed by atoms with Crippen LogP contribution in [0.2, 0.25) is 5.02 Å². The molecule has 1 fully saturated rings. The largest absolute Gasteiger partial charge is 0.394 e. The van der Waals surface area contributed by atoms with Gasteiger partial charge in [0, 0.05) is 18.1 Å². The highest BCUT2D eigenvalue weighted by molar-refractivity contribution is 6.30. The van der Waals surface area contributed by atoms with E-state index in [0.717, 1.165) is 5.69 Å². The molecular formula is C14H17ClN2O2. The molecule has 1 N–H and O–H groups in total. The van der Waals surface area contributed by atoms with Crippen molar-refractivity contribution in [1.82, 2.24) is 0 Å². The van der Waals surface area contributed by atoms with Gasteiger partial charge in [0.2, 0.25) is 0 Å². The third-order valence-electron chi connectivity index (χ3n) is 3.11. The molecule has 1 aliphatic heterocycles. The molecule has 0 amide bonds. The lowest BCUT2D eigenvalue weighted by atomic mass is 10.0. The highest BCUT2D eigenvalue weighted by Crippen LogP contribution is 2.30. The molecule has 0 saturated carbocycles. The number of aliphatic hydroxyl groups is 1. The summed E-state index contributed by atoms with van der Waals surface area (Å²) in [6.07, 6.45) is -0.255. The quantitative estimate of drug-likeness (QED) is 0.902. The van der Waals surface area contributed by atoms with Gasteiger partial charge in [0.15, 0.2) is 0 Å². The molecule has 19 heavy (non-hydrogen) atoms. The van der Waals surface area contributed by atoms with Gasteiger partial charge in [0.25, 0.3) is 0 Å². The van der Waals surface area contributed by atoms with E-state index in [1.54, 1.807) is 18.2 Å². The monoisotopic (exact) mass is 280 g/mol. The van der Waals surface area contributed by atoms with E-state index in [-0.39, 0.29) is 18.3 Å². The van der Waals surface area contributed by atoms with Crippen molar-refractivity contribution in [3.05, 3.63) is 28.8 Å². The SMILES string of the molecule is CC1(C)CN(c2cc(Cl)ccc2C#N)CC(CO)O1. The van der Waals surface area contributed by atoms with Crippen LogP contribution < -0.4 is 4.90 Å². The van der Waals surface area contributed by atoms with E-state index in [1.165, 1.54) is 0 Å². The van der Waals surface area contributed by atoms with Crippen molar-refractivity contribution in [2.45, 2.75) is 25.6 Å². The summed E-state index contributed by atoms with van der Waals surface area (Å²) >= 11 is 6.02. The summed E-state index contributed by atoms with van der Waals surface area (Å²) in [5, 5.41) is 19.1. The average Bonchev–Trinajstić information content (AvgIpc) is 2.36. The minimum Gasteiger partial charge on any atom is -0.394 e. The molecule has 1 aliphatic rings. The van der Waals surface area contributed by atoms with E-state index in [9.17, 15) is 10.4 Å². The Morgan fingerprint density at radius 2 is 2.32 bits per heavy atom. The van der Waals surface area contributed by atoms with Crippen LogP contribution in [0, 0.1) is 11.3 Å². The van der Waals surface area contributed by atoms with Gasteiger partial charge in [-0.05, 0) is 32.0 Å². The van der Waals surface area contributed by atoms with Gasteiger partial charge in [0.1, 0.15) is 6.07 Å². The van der Waals surface area contributed by atoms with Gasteiger partial charge < -0.3 is 14.7 Å².